The normalized spacial score (nSPS) is 33.0. The van der Waals surface area contributed by atoms with Crippen LogP contribution >= 0.6 is 0 Å². The van der Waals surface area contributed by atoms with Crippen LogP contribution < -0.4 is 11.1 Å². The van der Waals surface area contributed by atoms with Crippen LogP contribution in [0.3, 0.4) is 0 Å². The largest absolute Gasteiger partial charge is 0.411 e. The number of hydrogen-bond donors (Lipinski definition) is 3. The van der Waals surface area contributed by atoms with E-state index in [-0.39, 0.29) is 6.04 Å². The Morgan fingerprint density at radius 2 is 2.56 bits per heavy atom. The van der Waals surface area contributed by atoms with Crippen LogP contribution in [0.15, 0.2) is 5.16 Å². The van der Waals surface area contributed by atoms with Gasteiger partial charge in [0, 0.05) is 19.5 Å². The molecule has 1 atom stereocenters. The number of rotatable bonds is 0. The lowest BCUT2D eigenvalue weighted by molar-refractivity contribution is 0.313. The van der Waals surface area contributed by atoms with Crippen LogP contribution in [0.4, 0.5) is 0 Å². The van der Waals surface area contributed by atoms with Gasteiger partial charge in [-0.3, -0.25) is 0 Å². The third kappa shape index (κ3) is 1.40. The summed E-state index contributed by atoms with van der Waals surface area (Å²) in [4.78, 5) is 0. The van der Waals surface area contributed by atoms with Crippen LogP contribution in [0.1, 0.15) is 6.42 Å². The summed E-state index contributed by atoms with van der Waals surface area (Å²) in [5.74, 6) is 0. The smallest absolute Gasteiger partial charge is 0.0763 e. The van der Waals surface area contributed by atoms with Gasteiger partial charge in [0.05, 0.1) is 11.8 Å². The first kappa shape index (κ1) is 6.51. The second kappa shape index (κ2) is 2.80. The number of nitrogens with one attached hydrogen (secondary N) is 1. The van der Waals surface area contributed by atoms with Crippen molar-refractivity contribution in [2.45, 2.75) is 12.5 Å². The molecule has 0 saturated carbocycles. The van der Waals surface area contributed by atoms with Gasteiger partial charge in [0.15, 0.2) is 0 Å². The Morgan fingerprint density at radius 1 is 1.78 bits per heavy atom. The van der Waals surface area contributed by atoms with Gasteiger partial charge < -0.3 is 16.3 Å². The third-order valence-electron chi connectivity index (χ3n) is 1.48. The van der Waals surface area contributed by atoms with E-state index in [1.807, 2.05) is 0 Å². The van der Waals surface area contributed by atoms with E-state index in [4.69, 9.17) is 10.9 Å². The van der Waals surface area contributed by atoms with Gasteiger partial charge in [-0.05, 0) is 0 Å². The number of nitrogens with zero attached hydrogens (tertiary/aromatic N) is 1. The van der Waals surface area contributed by atoms with E-state index < -0.39 is 0 Å². The lowest BCUT2D eigenvalue weighted by Crippen LogP contribution is -2.46. The molecule has 4 nitrogen and oxygen atoms in total. The highest BCUT2D eigenvalue weighted by Crippen LogP contribution is 1.95. The monoisotopic (exact) mass is 129 g/mol. The topological polar surface area (TPSA) is 70.6 Å². The van der Waals surface area contributed by atoms with Gasteiger partial charge in [-0.25, -0.2) is 0 Å². The summed E-state index contributed by atoms with van der Waals surface area (Å²) in [6.07, 6.45) is 0.762. The Bertz CT molecular complexity index is 123. The molecule has 1 unspecified atom stereocenters. The quantitative estimate of drug-likeness (QED) is 0.294. The van der Waals surface area contributed by atoms with Gasteiger partial charge in [0.1, 0.15) is 0 Å². The number of piperidine rings is 1. The van der Waals surface area contributed by atoms with Gasteiger partial charge in [0.2, 0.25) is 0 Å². The van der Waals surface area contributed by atoms with Crippen LogP contribution in [-0.4, -0.2) is 30.1 Å². The van der Waals surface area contributed by atoms with Crippen molar-refractivity contribution in [3.8, 4) is 0 Å². The van der Waals surface area contributed by atoms with Crippen molar-refractivity contribution in [1.82, 2.24) is 5.32 Å². The van der Waals surface area contributed by atoms with Gasteiger partial charge in [-0.2, -0.15) is 0 Å². The summed E-state index contributed by atoms with van der Waals surface area (Å²) < 4.78 is 0. The van der Waals surface area contributed by atoms with Crippen LogP contribution in [0, 0.1) is 0 Å². The minimum atomic E-state index is -0.0938. The Morgan fingerprint density at radius 3 is 3.00 bits per heavy atom. The summed E-state index contributed by atoms with van der Waals surface area (Å²) in [6, 6.07) is -0.0938. The predicted octanol–water partition coefficient (Wildman–Crippen LogP) is -0.863. The Balaban J connectivity index is 2.49. The molecule has 1 aliphatic rings. The highest BCUT2D eigenvalue weighted by molar-refractivity contribution is 5.89. The maximum atomic E-state index is 8.34. The van der Waals surface area contributed by atoms with Gasteiger partial charge >= 0.3 is 0 Å². The van der Waals surface area contributed by atoms with Crippen molar-refractivity contribution in [3.63, 3.8) is 0 Å². The average Bonchev–Trinajstić information content (AvgIpc) is 1.89. The Kier molecular flexibility index (Phi) is 2.02. The van der Waals surface area contributed by atoms with E-state index >= 15 is 0 Å². The van der Waals surface area contributed by atoms with E-state index in [0.29, 0.717) is 5.71 Å². The zero-order valence-corrected chi connectivity index (χ0v) is 5.17. The van der Waals surface area contributed by atoms with Crippen molar-refractivity contribution < 1.29 is 5.21 Å². The van der Waals surface area contributed by atoms with Crippen molar-refractivity contribution in [3.05, 3.63) is 0 Å². The van der Waals surface area contributed by atoms with Crippen LogP contribution in [0.25, 0.3) is 0 Å². The number of hydrogen-bond acceptors (Lipinski definition) is 4. The fourth-order valence-corrected chi connectivity index (χ4v) is 0.901. The second-order valence-corrected chi connectivity index (χ2v) is 2.15. The van der Waals surface area contributed by atoms with E-state index in [9.17, 15) is 0 Å². The minimum Gasteiger partial charge on any atom is -0.411 e. The van der Waals surface area contributed by atoms with E-state index in [1.165, 1.54) is 0 Å². The van der Waals surface area contributed by atoms with Gasteiger partial charge in [-0.1, -0.05) is 5.16 Å². The summed E-state index contributed by atoms with van der Waals surface area (Å²) in [7, 11) is 0. The molecule has 0 spiro atoms. The molecule has 52 valence electrons. The minimum absolute atomic E-state index is 0.0938. The maximum absolute atomic E-state index is 8.34. The molecule has 4 heteroatoms. The zero-order chi connectivity index (χ0) is 6.69. The molecule has 0 aromatic rings. The first-order valence-corrected chi connectivity index (χ1v) is 3.01. The third-order valence-corrected chi connectivity index (χ3v) is 1.48. The molecule has 9 heavy (non-hydrogen) atoms. The first-order chi connectivity index (χ1) is 4.34. The molecule has 1 rings (SSSR count). The molecule has 1 fully saturated rings. The maximum Gasteiger partial charge on any atom is 0.0763 e. The Labute approximate surface area is 53.7 Å². The highest BCUT2D eigenvalue weighted by atomic mass is 16.4. The average molecular weight is 129 g/mol. The van der Waals surface area contributed by atoms with Crippen LogP contribution in [-0.2, 0) is 0 Å². The molecule has 1 aliphatic heterocycles. The molecule has 0 amide bonds. The first-order valence-electron chi connectivity index (χ1n) is 3.01. The lowest BCUT2D eigenvalue weighted by Gasteiger charge is -2.19. The number of oxime groups is 1. The number of nitrogens with two attached hydrogens (primary N) is 1. The van der Waals surface area contributed by atoms with Gasteiger partial charge in [0.25, 0.3) is 0 Å². The predicted molar refractivity (Wildman–Crippen MR) is 34.7 cm³/mol. The lowest BCUT2D eigenvalue weighted by atomic mass is 10.1. The Hall–Kier alpha value is -0.610. The molecule has 0 aliphatic carbocycles. The molecular weight excluding hydrogens is 118 g/mol. The van der Waals surface area contributed by atoms with E-state index in [1.54, 1.807) is 0 Å². The van der Waals surface area contributed by atoms with Crippen LogP contribution in [0.2, 0.25) is 0 Å². The molecule has 1 heterocycles. The molecular formula is C5H11N3O. The molecule has 0 bridgehead atoms. The fourth-order valence-electron chi connectivity index (χ4n) is 0.901. The molecule has 0 aromatic heterocycles. The summed E-state index contributed by atoms with van der Waals surface area (Å²) in [6.45, 7) is 1.59. The van der Waals surface area contributed by atoms with E-state index in [2.05, 4.69) is 10.5 Å². The van der Waals surface area contributed by atoms with Crippen molar-refractivity contribution in [2.24, 2.45) is 10.9 Å². The van der Waals surface area contributed by atoms with Crippen molar-refractivity contribution >= 4 is 5.71 Å². The highest BCUT2D eigenvalue weighted by Gasteiger charge is 2.15. The van der Waals surface area contributed by atoms with Crippen molar-refractivity contribution in [2.75, 3.05) is 13.1 Å². The van der Waals surface area contributed by atoms with E-state index in [0.717, 1.165) is 19.5 Å². The summed E-state index contributed by atoms with van der Waals surface area (Å²) in [5.41, 5.74) is 6.24. The molecule has 0 aromatic carbocycles. The summed E-state index contributed by atoms with van der Waals surface area (Å²) in [5, 5.41) is 14.5. The molecule has 1 saturated heterocycles. The summed E-state index contributed by atoms with van der Waals surface area (Å²) >= 11 is 0. The molecule has 4 N–H and O–H groups in total. The standard InChI is InChI=1S/C5H11N3O/c6-4-3-7-2-1-5(4)8-9/h4,7,9H,1-3,6H2/b8-5-. The zero-order valence-electron chi connectivity index (χ0n) is 5.17. The fraction of sp³-hybridized carbons (Fsp3) is 0.800. The van der Waals surface area contributed by atoms with Crippen molar-refractivity contribution in [1.29, 1.82) is 0 Å². The second-order valence-electron chi connectivity index (χ2n) is 2.15. The SMILES string of the molecule is NC1CNCC/C1=N/O. The molecule has 0 radical (unpaired) electrons. The van der Waals surface area contributed by atoms with Crippen LogP contribution in [0.5, 0.6) is 0 Å². The van der Waals surface area contributed by atoms with Gasteiger partial charge in [-0.15, -0.1) is 0 Å².